The number of hydrogen-bond acceptors (Lipinski definition) is 4. The SMILES string of the molecule is CC(O)NCC(O)(C(=O)c1ccccc1)c1ccccc1. The summed E-state index contributed by atoms with van der Waals surface area (Å²) in [4.78, 5) is 12.7. The maximum absolute atomic E-state index is 12.7. The van der Waals surface area contributed by atoms with Crippen LogP contribution in [0.2, 0.25) is 0 Å². The summed E-state index contributed by atoms with van der Waals surface area (Å²) in [6, 6.07) is 17.4. The lowest BCUT2D eigenvalue weighted by Gasteiger charge is -2.28. The van der Waals surface area contributed by atoms with Gasteiger partial charge >= 0.3 is 0 Å². The normalized spacial score (nSPS) is 15.2. The lowest BCUT2D eigenvalue weighted by atomic mass is 9.85. The van der Waals surface area contributed by atoms with E-state index in [1.807, 2.05) is 12.1 Å². The van der Waals surface area contributed by atoms with Gasteiger partial charge in [-0.3, -0.25) is 10.1 Å². The highest BCUT2D eigenvalue weighted by Gasteiger charge is 2.38. The minimum absolute atomic E-state index is 0.0671. The molecule has 2 aromatic rings. The number of rotatable bonds is 6. The van der Waals surface area contributed by atoms with Crippen molar-refractivity contribution in [1.82, 2.24) is 5.32 Å². The van der Waals surface area contributed by atoms with Crippen LogP contribution in [0.15, 0.2) is 60.7 Å². The molecule has 0 bridgehead atoms. The Bertz CT molecular complexity index is 583. The van der Waals surface area contributed by atoms with E-state index in [0.717, 1.165) is 0 Å². The third kappa shape index (κ3) is 3.55. The number of benzene rings is 2. The Labute approximate surface area is 124 Å². The molecule has 3 N–H and O–H groups in total. The molecule has 2 atom stereocenters. The van der Waals surface area contributed by atoms with Crippen LogP contribution in [0.4, 0.5) is 0 Å². The van der Waals surface area contributed by atoms with Crippen LogP contribution in [0.1, 0.15) is 22.8 Å². The molecule has 21 heavy (non-hydrogen) atoms. The first-order chi connectivity index (χ1) is 10.0. The molecule has 110 valence electrons. The molecule has 2 unspecified atom stereocenters. The molecule has 0 spiro atoms. The topological polar surface area (TPSA) is 69.6 Å². The third-order valence-corrected chi connectivity index (χ3v) is 3.32. The quantitative estimate of drug-likeness (QED) is 0.558. The highest BCUT2D eigenvalue weighted by Crippen LogP contribution is 2.25. The highest BCUT2D eigenvalue weighted by atomic mass is 16.3. The number of nitrogens with one attached hydrogen (secondary N) is 1. The third-order valence-electron chi connectivity index (χ3n) is 3.32. The number of ketones is 1. The Morgan fingerprint density at radius 2 is 1.62 bits per heavy atom. The fourth-order valence-corrected chi connectivity index (χ4v) is 2.15. The van der Waals surface area contributed by atoms with E-state index in [9.17, 15) is 15.0 Å². The van der Waals surface area contributed by atoms with Crippen LogP contribution in [0.3, 0.4) is 0 Å². The van der Waals surface area contributed by atoms with Gasteiger partial charge in [-0.1, -0.05) is 60.7 Å². The van der Waals surface area contributed by atoms with Crippen molar-refractivity contribution in [3.8, 4) is 0 Å². The Kier molecular flexibility index (Phi) is 4.85. The van der Waals surface area contributed by atoms with Crippen LogP contribution >= 0.6 is 0 Å². The van der Waals surface area contributed by atoms with Crippen molar-refractivity contribution in [2.24, 2.45) is 0 Å². The van der Waals surface area contributed by atoms with Crippen molar-refractivity contribution in [2.75, 3.05) is 6.54 Å². The monoisotopic (exact) mass is 285 g/mol. The summed E-state index contributed by atoms with van der Waals surface area (Å²) < 4.78 is 0. The zero-order valence-corrected chi connectivity index (χ0v) is 11.9. The van der Waals surface area contributed by atoms with Crippen molar-refractivity contribution in [3.63, 3.8) is 0 Å². The molecular weight excluding hydrogens is 266 g/mol. The maximum atomic E-state index is 12.7. The molecule has 0 aliphatic rings. The Morgan fingerprint density at radius 3 is 2.14 bits per heavy atom. The fraction of sp³-hybridized carbons (Fsp3) is 0.235. The van der Waals surface area contributed by atoms with E-state index < -0.39 is 17.6 Å². The van der Waals surface area contributed by atoms with E-state index in [2.05, 4.69) is 5.32 Å². The average molecular weight is 285 g/mol. The maximum Gasteiger partial charge on any atom is 0.200 e. The molecule has 0 saturated heterocycles. The van der Waals surface area contributed by atoms with E-state index >= 15 is 0 Å². The lowest BCUT2D eigenvalue weighted by Crippen LogP contribution is -2.47. The van der Waals surface area contributed by atoms with Crippen LogP contribution in [-0.4, -0.2) is 28.8 Å². The zero-order chi connectivity index (χ0) is 15.3. The first-order valence-corrected chi connectivity index (χ1v) is 6.83. The predicted octanol–water partition coefficient (Wildman–Crippen LogP) is 1.68. The summed E-state index contributed by atoms with van der Waals surface area (Å²) in [5.74, 6) is -0.401. The summed E-state index contributed by atoms with van der Waals surface area (Å²) in [5.41, 5.74) is -0.803. The first-order valence-electron chi connectivity index (χ1n) is 6.83. The van der Waals surface area contributed by atoms with Gasteiger partial charge in [0.2, 0.25) is 0 Å². The van der Waals surface area contributed by atoms with Crippen molar-refractivity contribution in [1.29, 1.82) is 0 Å². The number of carbonyl (C=O) groups excluding carboxylic acids is 1. The van der Waals surface area contributed by atoms with Crippen LogP contribution in [0, 0.1) is 0 Å². The van der Waals surface area contributed by atoms with Gasteiger partial charge in [0.05, 0.1) is 0 Å². The van der Waals surface area contributed by atoms with E-state index in [4.69, 9.17) is 0 Å². The van der Waals surface area contributed by atoms with Gasteiger partial charge in [0.15, 0.2) is 11.4 Å². The molecule has 0 fully saturated rings. The molecule has 4 heteroatoms. The van der Waals surface area contributed by atoms with Gasteiger partial charge in [-0.05, 0) is 12.5 Å². The number of carbonyl (C=O) groups is 1. The second kappa shape index (κ2) is 6.63. The summed E-state index contributed by atoms with van der Waals surface area (Å²) in [7, 11) is 0. The highest BCUT2D eigenvalue weighted by molar-refractivity contribution is 6.03. The van der Waals surface area contributed by atoms with Gasteiger partial charge in [0, 0.05) is 12.1 Å². The van der Waals surface area contributed by atoms with E-state index in [1.165, 1.54) is 0 Å². The molecule has 0 amide bonds. The van der Waals surface area contributed by atoms with Crippen molar-refractivity contribution >= 4 is 5.78 Å². The van der Waals surface area contributed by atoms with Crippen LogP contribution in [0.5, 0.6) is 0 Å². The van der Waals surface area contributed by atoms with Crippen LogP contribution in [-0.2, 0) is 5.60 Å². The number of aliphatic hydroxyl groups excluding tert-OH is 1. The van der Waals surface area contributed by atoms with E-state index in [1.54, 1.807) is 55.5 Å². The number of hydrogen-bond donors (Lipinski definition) is 3. The average Bonchev–Trinajstić information content (AvgIpc) is 2.53. The molecule has 0 radical (unpaired) electrons. The van der Waals surface area contributed by atoms with Gasteiger partial charge < -0.3 is 10.2 Å². The van der Waals surface area contributed by atoms with Crippen LogP contribution in [0.25, 0.3) is 0 Å². The van der Waals surface area contributed by atoms with Crippen molar-refractivity contribution in [3.05, 3.63) is 71.8 Å². The van der Waals surface area contributed by atoms with Crippen molar-refractivity contribution < 1.29 is 15.0 Å². The number of aliphatic hydroxyl groups is 2. The summed E-state index contributed by atoms with van der Waals surface area (Å²) in [6.07, 6.45) is -0.816. The summed E-state index contributed by atoms with van der Waals surface area (Å²) in [5, 5.41) is 23.0. The molecule has 4 nitrogen and oxygen atoms in total. The second-order valence-electron chi connectivity index (χ2n) is 4.98. The van der Waals surface area contributed by atoms with Crippen molar-refractivity contribution in [2.45, 2.75) is 18.8 Å². The molecule has 0 saturated carbocycles. The summed E-state index contributed by atoms with van der Waals surface area (Å²) >= 11 is 0. The van der Waals surface area contributed by atoms with Gasteiger partial charge in [-0.15, -0.1) is 0 Å². The van der Waals surface area contributed by atoms with Gasteiger partial charge in [-0.25, -0.2) is 0 Å². The summed E-state index contributed by atoms with van der Waals surface area (Å²) in [6.45, 7) is 1.47. The van der Waals surface area contributed by atoms with Gasteiger partial charge in [-0.2, -0.15) is 0 Å². The molecule has 2 rings (SSSR count). The smallest absolute Gasteiger partial charge is 0.200 e. The van der Waals surface area contributed by atoms with E-state index in [-0.39, 0.29) is 6.54 Å². The molecule has 0 aliphatic heterocycles. The Morgan fingerprint density at radius 1 is 1.10 bits per heavy atom. The largest absolute Gasteiger partial charge is 0.379 e. The molecular formula is C17H19NO3. The number of Topliss-reactive ketones (excluding diaryl/α,β-unsaturated/α-hetero) is 1. The minimum atomic E-state index is -1.72. The standard InChI is InChI=1S/C17H19NO3/c1-13(19)18-12-17(21,15-10-6-3-7-11-15)16(20)14-8-4-2-5-9-14/h2-11,13,18-19,21H,12H2,1H3. The first kappa shape index (κ1) is 15.4. The van der Waals surface area contributed by atoms with E-state index in [0.29, 0.717) is 11.1 Å². The molecule has 0 heterocycles. The van der Waals surface area contributed by atoms with Crippen LogP contribution < -0.4 is 5.32 Å². The predicted molar refractivity (Wildman–Crippen MR) is 80.8 cm³/mol. The lowest BCUT2D eigenvalue weighted by molar-refractivity contribution is 0.0208. The zero-order valence-electron chi connectivity index (χ0n) is 11.9. The fourth-order valence-electron chi connectivity index (χ4n) is 2.15. The Hall–Kier alpha value is -2.01. The van der Waals surface area contributed by atoms with Gasteiger partial charge in [0.1, 0.15) is 6.23 Å². The second-order valence-corrected chi connectivity index (χ2v) is 4.98. The Balaban J connectivity index is 2.38. The molecule has 0 aromatic heterocycles. The molecule has 2 aromatic carbocycles. The molecule has 0 aliphatic carbocycles. The van der Waals surface area contributed by atoms with Gasteiger partial charge in [0.25, 0.3) is 0 Å². The minimum Gasteiger partial charge on any atom is -0.379 e.